The van der Waals surface area contributed by atoms with E-state index in [2.05, 4.69) is 10.3 Å². The second-order valence-electron chi connectivity index (χ2n) is 2.62. The van der Waals surface area contributed by atoms with Gasteiger partial charge in [-0.1, -0.05) is 6.07 Å². The number of carbonyl (C=O) groups excluding carboxylic acids is 1. The Kier molecular flexibility index (Phi) is 2.94. The molecule has 0 aliphatic rings. The Labute approximate surface area is 71.8 Å². The fourth-order valence-corrected chi connectivity index (χ4v) is 0.949. The maximum atomic E-state index is 11.3. The Bertz CT molecular complexity index is 284. The molecule has 0 aliphatic carbocycles. The number of likely N-dealkylation sites (N-methyl/N-ethyl adjacent to an activating group) is 1. The standard InChI is InChI=1S/C9H12N2O/c1-7-4-3-5-8(11-7)9(12)6-10-2/h3-5,10H,6H2,1-2H3. The van der Waals surface area contributed by atoms with Crippen LogP contribution in [0.3, 0.4) is 0 Å². The third-order valence-corrected chi connectivity index (χ3v) is 1.51. The van der Waals surface area contributed by atoms with Crippen molar-refractivity contribution in [2.24, 2.45) is 0 Å². The van der Waals surface area contributed by atoms with E-state index in [1.807, 2.05) is 19.1 Å². The van der Waals surface area contributed by atoms with Gasteiger partial charge in [0, 0.05) is 5.69 Å². The predicted octanol–water partition coefficient (Wildman–Crippen LogP) is 0.792. The second-order valence-corrected chi connectivity index (χ2v) is 2.62. The quantitative estimate of drug-likeness (QED) is 0.672. The first-order chi connectivity index (χ1) is 5.74. The van der Waals surface area contributed by atoms with Crippen molar-refractivity contribution >= 4 is 5.78 Å². The van der Waals surface area contributed by atoms with E-state index >= 15 is 0 Å². The summed E-state index contributed by atoms with van der Waals surface area (Å²) in [7, 11) is 1.74. The molecular formula is C9H12N2O. The van der Waals surface area contributed by atoms with Crippen LogP contribution < -0.4 is 5.32 Å². The minimum Gasteiger partial charge on any atom is -0.313 e. The molecule has 0 fully saturated rings. The molecule has 3 heteroatoms. The van der Waals surface area contributed by atoms with Crippen molar-refractivity contribution in [3.05, 3.63) is 29.6 Å². The van der Waals surface area contributed by atoms with Crippen molar-refractivity contribution in [3.8, 4) is 0 Å². The Morgan fingerprint density at radius 3 is 2.92 bits per heavy atom. The van der Waals surface area contributed by atoms with Crippen LogP contribution in [-0.2, 0) is 0 Å². The molecule has 0 radical (unpaired) electrons. The van der Waals surface area contributed by atoms with E-state index in [0.717, 1.165) is 5.69 Å². The summed E-state index contributed by atoms with van der Waals surface area (Å²) >= 11 is 0. The van der Waals surface area contributed by atoms with Gasteiger partial charge in [-0.15, -0.1) is 0 Å². The Morgan fingerprint density at radius 2 is 2.33 bits per heavy atom. The minimum atomic E-state index is 0.0289. The van der Waals surface area contributed by atoms with Crippen LogP contribution in [0.5, 0.6) is 0 Å². The maximum Gasteiger partial charge on any atom is 0.194 e. The molecule has 1 aromatic heterocycles. The first-order valence-electron chi connectivity index (χ1n) is 3.85. The summed E-state index contributed by atoms with van der Waals surface area (Å²) in [6, 6.07) is 5.44. The highest BCUT2D eigenvalue weighted by molar-refractivity contribution is 5.95. The summed E-state index contributed by atoms with van der Waals surface area (Å²) in [4.78, 5) is 15.4. The van der Waals surface area contributed by atoms with E-state index in [-0.39, 0.29) is 5.78 Å². The monoisotopic (exact) mass is 164 g/mol. The van der Waals surface area contributed by atoms with Gasteiger partial charge in [0.05, 0.1) is 6.54 Å². The third kappa shape index (κ3) is 2.13. The lowest BCUT2D eigenvalue weighted by Crippen LogP contribution is -2.19. The van der Waals surface area contributed by atoms with E-state index < -0.39 is 0 Å². The van der Waals surface area contributed by atoms with Crippen LogP contribution in [0, 0.1) is 6.92 Å². The first-order valence-corrected chi connectivity index (χ1v) is 3.85. The highest BCUT2D eigenvalue weighted by atomic mass is 16.1. The van der Waals surface area contributed by atoms with Gasteiger partial charge in [0.1, 0.15) is 5.69 Å². The molecule has 0 aromatic carbocycles. The molecule has 12 heavy (non-hydrogen) atoms. The third-order valence-electron chi connectivity index (χ3n) is 1.51. The summed E-state index contributed by atoms with van der Waals surface area (Å²) in [6.07, 6.45) is 0. The van der Waals surface area contributed by atoms with Crippen LogP contribution in [-0.4, -0.2) is 24.4 Å². The average molecular weight is 164 g/mol. The topological polar surface area (TPSA) is 42.0 Å². The molecule has 0 saturated carbocycles. The van der Waals surface area contributed by atoms with Gasteiger partial charge in [-0.25, -0.2) is 4.98 Å². The number of rotatable bonds is 3. The zero-order valence-electron chi connectivity index (χ0n) is 7.29. The summed E-state index contributed by atoms with van der Waals surface area (Å²) in [5.74, 6) is 0.0289. The number of nitrogens with zero attached hydrogens (tertiary/aromatic N) is 1. The fraction of sp³-hybridized carbons (Fsp3) is 0.333. The summed E-state index contributed by atoms with van der Waals surface area (Å²) < 4.78 is 0. The van der Waals surface area contributed by atoms with Crippen LogP contribution in [0.15, 0.2) is 18.2 Å². The highest BCUT2D eigenvalue weighted by Crippen LogP contribution is 1.98. The van der Waals surface area contributed by atoms with Crippen molar-refractivity contribution in [2.45, 2.75) is 6.92 Å². The van der Waals surface area contributed by atoms with Gasteiger partial charge in [-0.3, -0.25) is 4.79 Å². The van der Waals surface area contributed by atoms with Gasteiger partial charge in [-0.2, -0.15) is 0 Å². The molecule has 0 atom stereocenters. The van der Waals surface area contributed by atoms with E-state index in [1.54, 1.807) is 13.1 Å². The number of aromatic nitrogens is 1. The molecule has 1 N–H and O–H groups in total. The van der Waals surface area contributed by atoms with Crippen molar-refractivity contribution in [1.29, 1.82) is 0 Å². The summed E-state index contributed by atoms with van der Waals surface area (Å²) in [5, 5.41) is 2.80. The number of aryl methyl sites for hydroxylation is 1. The van der Waals surface area contributed by atoms with Crippen LogP contribution in [0.1, 0.15) is 16.2 Å². The summed E-state index contributed by atoms with van der Waals surface area (Å²) in [5.41, 5.74) is 1.40. The number of ketones is 1. The van der Waals surface area contributed by atoms with E-state index in [0.29, 0.717) is 12.2 Å². The van der Waals surface area contributed by atoms with Crippen LogP contribution in [0.2, 0.25) is 0 Å². The Hall–Kier alpha value is -1.22. The molecule has 0 aliphatic heterocycles. The van der Waals surface area contributed by atoms with Crippen molar-refractivity contribution in [2.75, 3.05) is 13.6 Å². The lowest BCUT2D eigenvalue weighted by atomic mass is 10.2. The smallest absolute Gasteiger partial charge is 0.194 e. The zero-order valence-corrected chi connectivity index (χ0v) is 7.29. The van der Waals surface area contributed by atoms with Gasteiger partial charge in [0.2, 0.25) is 0 Å². The molecule has 0 saturated heterocycles. The number of hydrogen-bond donors (Lipinski definition) is 1. The molecule has 1 rings (SSSR count). The molecule has 64 valence electrons. The van der Waals surface area contributed by atoms with E-state index in [9.17, 15) is 4.79 Å². The van der Waals surface area contributed by atoms with Gasteiger partial charge < -0.3 is 5.32 Å². The van der Waals surface area contributed by atoms with Crippen molar-refractivity contribution in [1.82, 2.24) is 10.3 Å². The van der Waals surface area contributed by atoms with Crippen molar-refractivity contribution in [3.63, 3.8) is 0 Å². The molecule has 0 amide bonds. The molecular weight excluding hydrogens is 152 g/mol. The lowest BCUT2D eigenvalue weighted by Gasteiger charge is -1.99. The lowest BCUT2D eigenvalue weighted by molar-refractivity contribution is 0.0988. The Balaban J connectivity index is 2.81. The van der Waals surface area contributed by atoms with E-state index in [1.165, 1.54) is 0 Å². The van der Waals surface area contributed by atoms with Crippen LogP contribution in [0.4, 0.5) is 0 Å². The number of hydrogen-bond acceptors (Lipinski definition) is 3. The number of nitrogens with one attached hydrogen (secondary N) is 1. The molecule has 0 bridgehead atoms. The summed E-state index contributed by atoms with van der Waals surface area (Å²) in [6.45, 7) is 2.21. The number of carbonyl (C=O) groups is 1. The molecule has 1 heterocycles. The van der Waals surface area contributed by atoms with Gasteiger partial charge in [0.25, 0.3) is 0 Å². The fourth-order valence-electron chi connectivity index (χ4n) is 0.949. The number of Topliss-reactive ketones (excluding diaryl/α,β-unsaturated/α-hetero) is 1. The minimum absolute atomic E-state index is 0.0289. The highest BCUT2D eigenvalue weighted by Gasteiger charge is 2.04. The predicted molar refractivity (Wildman–Crippen MR) is 47.2 cm³/mol. The largest absolute Gasteiger partial charge is 0.313 e. The number of pyridine rings is 1. The molecule has 3 nitrogen and oxygen atoms in total. The Morgan fingerprint density at radius 1 is 1.58 bits per heavy atom. The maximum absolute atomic E-state index is 11.3. The first kappa shape index (κ1) is 8.87. The molecule has 0 unspecified atom stereocenters. The van der Waals surface area contributed by atoms with E-state index in [4.69, 9.17) is 0 Å². The zero-order chi connectivity index (χ0) is 8.97. The SMILES string of the molecule is CNCC(=O)c1cccc(C)n1. The molecule has 0 spiro atoms. The van der Waals surface area contributed by atoms with Crippen molar-refractivity contribution < 1.29 is 4.79 Å². The van der Waals surface area contributed by atoms with Gasteiger partial charge in [-0.05, 0) is 26.1 Å². The van der Waals surface area contributed by atoms with Crippen LogP contribution >= 0.6 is 0 Å². The second kappa shape index (κ2) is 3.97. The van der Waals surface area contributed by atoms with Crippen LogP contribution in [0.25, 0.3) is 0 Å². The normalized spacial score (nSPS) is 9.83. The average Bonchev–Trinajstić information content (AvgIpc) is 2.05. The molecule has 1 aromatic rings. The van der Waals surface area contributed by atoms with Gasteiger partial charge >= 0.3 is 0 Å². The van der Waals surface area contributed by atoms with Gasteiger partial charge in [0.15, 0.2) is 5.78 Å².